The average molecular weight is 260 g/mol. The standard InChI is InChI=1S/C14H16N2O3/c1-9-10(2)14(19)16(15-13(9)18)7-11-3-5-12(8-17)6-4-11/h3-6,17H,7-8H2,1-2H3,(H,15,18). The van der Waals surface area contributed by atoms with E-state index >= 15 is 0 Å². The molecule has 0 bridgehead atoms. The maximum Gasteiger partial charge on any atom is 0.268 e. The van der Waals surface area contributed by atoms with E-state index in [1.165, 1.54) is 4.68 Å². The van der Waals surface area contributed by atoms with Gasteiger partial charge < -0.3 is 5.11 Å². The fourth-order valence-corrected chi connectivity index (χ4v) is 1.83. The van der Waals surface area contributed by atoms with Crippen molar-refractivity contribution in [3.8, 4) is 0 Å². The van der Waals surface area contributed by atoms with Crippen LogP contribution < -0.4 is 11.1 Å². The van der Waals surface area contributed by atoms with Crippen molar-refractivity contribution in [2.75, 3.05) is 0 Å². The highest BCUT2D eigenvalue weighted by Gasteiger charge is 2.07. The third kappa shape index (κ3) is 2.66. The Morgan fingerprint density at radius 2 is 1.63 bits per heavy atom. The lowest BCUT2D eigenvalue weighted by molar-refractivity contribution is 0.282. The summed E-state index contributed by atoms with van der Waals surface area (Å²) >= 11 is 0. The molecule has 2 rings (SSSR count). The Kier molecular flexibility index (Phi) is 3.66. The van der Waals surface area contributed by atoms with Gasteiger partial charge in [-0.25, -0.2) is 4.68 Å². The smallest absolute Gasteiger partial charge is 0.268 e. The number of benzene rings is 1. The summed E-state index contributed by atoms with van der Waals surface area (Å²) in [6.07, 6.45) is 0. The van der Waals surface area contributed by atoms with Crippen molar-refractivity contribution in [1.29, 1.82) is 0 Å². The highest BCUT2D eigenvalue weighted by Crippen LogP contribution is 2.05. The van der Waals surface area contributed by atoms with Crippen LogP contribution >= 0.6 is 0 Å². The first-order valence-corrected chi connectivity index (χ1v) is 6.02. The van der Waals surface area contributed by atoms with Gasteiger partial charge in [0, 0.05) is 11.1 Å². The predicted octanol–water partition coefficient (Wildman–Crippen LogP) is 0.694. The van der Waals surface area contributed by atoms with E-state index in [1.807, 2.05) is 12.1 Å². The highest BCUT2D eigenvalue weighted by atomic mass is 16.3. The van der Waals surface area contributed by atoms with Gasteiger partial charge in [-0.1, -0.05) is 24.3 Å². The Labute approximate surface area is 110 Å². The van der Waals surface area contributed by atoms with E-state index in [4.69, 9.17) is 5.11 Å². The molecular formula is C14H16N2O3. The molecule has 19 heavy (non-hydrogen) atoms. The summed E-state index contributed by atoms with van der Waals surface area (Å²) in [4.78, 5) is 23.7. The van der Waals surface area contributed by atoms with E-state index < -0.39 is 0 Å². The minimum absolute atomic E-state index is 0.0132. The molecule has 2 N–H and O–H groups in total. The quantitative estimate of drug-likeness (QED) is 0.852. The lowest BCUT2D eigenvalue weighted by atomic mass is 10.1. The SMILES string of the molecule is Cc1c(C)c(=O)n(Cc2ccc(CO)cc2)[nH]c1=O. The molecule has 0 aliphatic carbocycles. The lowest BCUT2D eigenvalue weighted by Crippen LogP contribution is -2.33. The fourth-order valence-electron chi connectivity index (χ4n) is 1.83. The van der Waals surface area contributed by atoms with Crippen molar-refractivity contribution in [3.05, 3.63) is 67.2 Å². The van der Waals surface area contributed by atoms with Crippen LogP contribution in [0.2, 0.25) is 0 Å². The number of nitrogens with zero attached hydrogens (tertiary/aromatic N) is 1. The van der Waals surface area contributed by atoms with Crippen molar-refractivity contribution in [2.45, 2.75) is 27.0 Å². The number of hydrogen-bond acceptors (Lipinski definition) is 3. The van der Waals surface area contributed by atoms with E-state index in [0.717, 1.165) is 11.1 Å². The zero-order valence-electron chi connectivity index (χ0n) is 10.9. The second-order valence-electron chi connectivity index (χ2n) is 4.56. The maximum absolute atomic E-state index is 12.0. The summed E-state index contributed by atoms with van der Waals surface area (Å²) in [5, 5.41) is 11.5. The molecule has 5 heteroatoms. The van der Waals surface area contributed by atoms with E-state index in [9.17, 15) is 9.59 Å². The Morgan fingerprint density at radius 1 is 1.05 bits per heavy atom. The van der Waals surface area contributed by atoms with Crippen LogP contribution in [0, 0.1) is 13.8 Å². The Balaban J connectivity index is 2.38. The zero-order chi connectivity index (χ0) is 14.0. The van der Waals surface area contributed by atoms with Gasteiger partial charge in [-0.15, -0.1) is 0 Å². The second-order valence-corrected chi connectivity index (χ2v) is 4.56. The Hall–Kier alpha value is -2.14. The molecule has 0 radical (unpaired) electrons. The summed E-state index contributed by atoms with van der Waals surface area (Å²) in [6, 6.07) is 7.23. The number of H-pyrrole nitrogens is 1. The molecule has 0 saturated heterocycles. The average Bonchev–Trinajstić information content (AvgIpc) is 2.43. The number of nitrogens with one attached hydrogen (secondary N) is 1. The summed E-state index contributed by atoms with van der Waals surface area (Å²) in [5.74, 6) is 0. The predicted molar refractivity (Wildman–Crippen MR) is 72.3 cm³/mol. The number of hydrogen-bond donors (Lipinski definition) is 2. The van der Waals surface area contributed by atoms with Crippen molar-refractivity contribution in [3.63, 3.8) is 0 Å². The van der Waals surface area contributed by atoms with Crippen LogP contribution in [-0.4, -0.2) is 14.9 Å². The van der Waals surface area contributed by atoms with Gasteiger partial charge in [-0.3, -0.25) is 14.7 Å². The van der Waals surface area contributed by atoms with Gasteiger partial charge in [0.25, 0.3) is 11.1 Å². The molecule has 0 atom stereocenters. The molecule has 1 heterocycles. The van der Waals surface area contributed by atoms with Crippen LogP contribution in [-0.2, 0) is 13.2 Å². The first-order valence-electron chi connectivity index (χ1n) is 6.02. The van der Waals surface area contributed by atoms with Crippen LogP contribution in [0.5, 0.6) is 0 Å². The van der Waals surface area contributed by atoms with Gasteiger partial charge in [0.1, 0.15) is 0 Å². The number of aromatic nitrogens is 2. The number of aliphatic hydroxyl groups excluding tert-OH is 1. The normalized spacial score (nSPS) is 10.7. The lowest BCUT2D eigenvalue weighted by Gasteiger charge is -2.08. The maximum atomic E-state index is 12.0. The topological polar surface area (TPSA) is 75.1 Å². The third-order valence-electron chi connectivity index (χ3n) is 3.25. The van der Waals surface area contributed by atoms with Gasteiger partial charge in [-0.2, -0.15) is 0 Å². The minimum atomic E-state index is -0.246. The molecular weight excluding hydrogens is 244 g/mol. The van der Waals surface area contributed by atoms with E-state index in [1.54, 1.807) is 26.0 Å². The molecule has 0 saturated carbocycles. The monoisotopic (exact) mass is 260 g/mol. The molecule has 1 aromatic carbocycles. The zero-order valence-corrected chi connectivity index (χ0v) is 10.9. The molecule has 100 valence electrons. The Morgan fingerprint density at radius 3 is 2.21 bits per heavy atom. The van der Waals surface area contributed by atoms with Crippen molar-refractivity contribution in [1.82, 2.24) is 9.78 Å². The molecule has 2 aromatic rings. The van der Waals surface area contributed by atoms with E-state index in [-0.39, 0.29) is 17.7 Å². The fraction of sp³-hybridized carbons (Fsp3) is 0.286. The molecule has 5 nitrogen and oxygen atoms in total. The van der Waals surface area contributed by atoms with Crippen molar-refractivity contribution < 1.29 is 5.11 Å². The van der Waals surface area contributed by atoms with Gasteiger partial charge in [0.05, 0.1) is 13.2 Å². The number of aromatic amines is 1. The van der Waals surface area contributed by atoms with E-state index in [0.29, 0.717) is 17.7 Å². The Bertz CT molecular complexity index is 696. The molecule has 0 fully saturated rings. The first-order chi connectivity index (χ1) is 9.02. The first kappa shape index (κ1) is 13.3. The number of rotatable bonds is 3. The summed E-state index contributed by atoms with van der Waals surface area (Å²) < 4.78 is 1.30. The van der Waals surface area contributed by atoms with Crippen LogP contribution in [0.4, 0.5) is 0 Å². The molecule has 0 amide bonds. The highest BCUT2D eigenvalue weighted by molar-refractivity contribution is 5.23. The van der Waals surface area contributed by atoms with Gasteiger partial charge in [0.15, 0.2) is 0 Å². The largest absolute Gasteiger partial charge is 0.392 e. The second kappa shape index (κ2) is 5.24. The van der Waals surface area contributed by atoms with Gasteiger partial charge in [-0.05, 0) is 25.0 Å². The van der Waals surface area contributed by atoms with Crippen molar-refractivity contribution >= 4 is 0 Å². The summed E-state index contributed by atoms with van der Waals surface area (Å²) in [5.41, 5.74) is 2.18. The molecule has 0 aliphatic rings. The van der Waals surface area contributed by atoms with Gasteiger partial charge in [0.2, 0.25) is 0 Å². The van der Waals surface area contributed by atoms with Crippen LogP contribution in [0.25, 0.3) is 0 Å². The van der Waals surface area contributed by atoms with E-state index in [2.05, 4.69) is 5.10 Å². The third-order valence-corrected chi connectivity index (χ3v) is 3.25. The molecule has 0 spiro atoms. The molecule has 0 unspecified atom stereocenters. The van der Waals surface area contributed by atoms with Gasteiger partial charge >= 0.3 is 0 Å². The minimum Gasteiger partial charge on any atom is -0.392 e. The van der Waals surface area contributed by atoms with Crippen molar-refractivity contribution in [2.24, 2.45) is 0 Å². The van der Waals surface area contributed by atoms with Crippen LogP contribution in [0.15, 0.2) is 33.9 Å². The summed E-state index contributed by atoms with van der Waals surface area (Å²) in [7, 11) is 0. The van der Waals surface area contributed by atoms with Crippen LogP contribution in [0.1, 0.15) is 22.3 Å². The molecule has 1 aromatic heterocycles. The molecule has 0 aliphatic heterocycles. The van der Waals surface area contributed by atoms with Crippen LogP contribution in [0.3, 0.4) is 0 Å². The summed E-state index contributed by atoms with van der Waals surface area (Å²) in [6.45, 7) is 3.58. The number of aliphatic hydroxyl groups is 1.